The average molecular weight is 355 g/mol. The third kappa shape index (κ3) is 19.2. The van der Waals surface area contributed by atoms with E-state index in [0.29, 0.717) is 0 Å². The summed E-state index contributed by atoms with van der Waals surface area (Å²) in [4.78, 5) is 0. The highest BCUT2D eigenvalue weighted by Crippen LogP contribution is 1.95. The number of hydrogen-bond acceptors (Lipinski definition) is 3. The molecule has 0 aliphatic carbocycles. The molecule has 0 fully saturated rings. The number of thiocarbonyl (C=S) groups is 1. The molecule has 0 heterocycles. The molecule has 0 aromatic rings. The smallest absolute Gasteiger partial charge is 0.166 e. The summed E-state index contributed by atoms with van der Waals surface area (Å²) in [6.07, 6.45) is 0. The Balaban J connectivity index is -0.00000112. The molecule has 0 radical (unpaired) electrons. The van der Waals surface area contributed by atoms with Gasteiger partial charge < -0.3 is 46.9 Å². The molecule has 9 heteroatoms. The predicted molar refractivity (Wildman–Crippen MR) is 78.8 cm³/mol. The monoisotopic (exact) mass is 354 g/mol. The summed E-state index contributed by atoms with van der Waals surface area (Å²) in [5, 5.41) is 7.15. The van der Waals surface area contributed by atoms with Crippen molar-refractivity contribution in [1.29, 1.82) is 0 Å². The number of rotatable bonds is 10. The fourth-order valence-corrected chi connectivity index (χ4v) is 2.46. The topological polar surface area (TPSA) is 79.3 Å². The minimum Gasteiger partial charge on any atom is -1.00 e. The summed E-state index contributed by atoms with van der Waals surface area (Å²) >= 11 is 8.96. The van der Waals surface area contributed by atoms with Gasteiger partial charge in [-0.05, 0) is 12.2 Å². The third-order valence-corrected chi connectivity index (χ3v) is 4.07. The molecule has 8 N–H and O–H groups in total. The van der Waals surface area contributed by atoms with Crippen LogP contribution in [0.1, 0.15) is 0 Å². The SMILES string of the molecule is [Cl-].[Cl-].[NH3+]CCSCCNC(=S)NCCSCC[NH3+]. The van der Waals surface area contributed by atoms with E-state index in [2.05, 4.69) is 22.1 Å². The van der Waals surface area contributed by atoms with Crippen molar-refractivity contribution in [1.82, 2.24) is 10.6 Å². The van der Waals surface area contributed by atoms with Crippen LogP contribution in [-0.4, -0.2) is 54.3 Å². The van der Waals surface area contributed by atoms with Crippen molar-refractivity contribution in [3.8, 4) is 0 Å². The van der Waals surface area contributed by atoms with Crippen LogP contribution in [-0.2, 0) is 0 Å². The van der Waals surface area contributed by atoms with Crippen LogP contribution in [0.4, 0.5) is 0 Å². The van der Waals surface area contributed by atoms with Crippen LogP contribution >= 0.6 is 35.7 Å². The summed E-state index contributed by atoms with van der Waals surface area (Å²) in [5.74, 6) is 4.44. The molecule has 0 spiro atoms. The Morgan fingerprint density at radius 3 is 1.56 bits per heavy atom. The second-order valence-electron chi connectivity index (χ2n) is 3.11. The summed E-state index contributed by atoms with van der Waals surface area (Å²) < 4.78 is 0. The van der Waals surface area contributed by atoms with Gasteiger partial charge in [0.05, 0.1) is 13.1 Å². The normalized spacial score (nSPS) is 9.00. The predicted octanol–water partition coefficient (Wildman–Crippen LogP) is -7.59. The zero-order valence-corrected chi connectivity index (χ0v) is 14.5. The van der Waals surface area contributed by atoms with Gasteiger partial charge in [0, 0.05) is 36.1 Å². The van der Waals surface area contributed by atoms with Crippen molar-refractivity contribution in [2.45, 2.75) is 0 Å². The standard InChI is InChI=1S/C9H22N4S3.2ClH/c10-1-5-15-7-3-12-9(14)13-4-8-16-6-2-11;;/h1-8,10-11H2,(H2,12,13,14);2*1H. The van der Waals surface area contributed by atoms with Gasteiger partial charge in [0.25, 0.3) is 0 Å². The van der Waals surface area contributed by atoms with Crippen molar-refractivity contribution in [3.05, 3.63) is 0 Å². The summed E-state index contributed by atoms with van der Waals surface area (Å²) in [6.45, 7) is 3.86. The minimum absolute atomic E-state index is 0. The second-order valence-corrected chi connectivity index (χ2v) is 5.97. The molecule has 0 bridgehead atoms. The number of hydrogen-bond donors (Lipinski definition) is 4. The fourth-order valence-electron chi connectivity index (χ4n) is 0.944. The maximum Gasteiger partial charge on any atom is 0.166 e. The minimum atomic E-state index is 0. The number of quaternary nitrogens is 2. The van der Waals surface area contributed by atoms with E-state index >= 15 is 0 Å². The molecule has 112 valence electrons. The first-order valence-electron chi connectivity index (χ1n) is 5.57. The van der Waals surface area contributed by atoms with E-state index in [1.807, 2.05) is 23.5 Å². The van der Waals surface area contributed by atoms with Crippen molar-refractivity contribution < 1.29 is 36.3 Å². The summed E-state index contributed by atoms with van der Waals surface area (Å²) in [5.41, 5.74) is 7.59. The molecule has 4 nitrogen and oxygen atoms in total. The lowest BCUT2D eigenvalue weighted by Gasteiger charge is -2.09. The Labute approximate surface area is 136 Å². The van der Waals surface area contributed by atoms with Gasteiger partial charge in [-0.25, -0.2) is 0 Å². The third-order valence-electron chi connectivity index (χ3n) is 1.64. The highest BCUT2D eigenvalue weighted by molar-refractivity contribution is 7.99. The Hall–Kier alpha value is 0.890. The van der Waals surface area contributed by atoms with Gasteiger partial charge in [0.15, 0.2) is 5.11 Å². The van der Waals surface area contributed by atoms with Gasteiger partial charge >= 0.3 is 0 Å². The van der Waals surface area contributed by atoms with Crippen LogP contribution in [0.25, 0.3) is 0 Å². The maximum atomic E-state index is 5.14. The second kappa shape index (κ2) is 20.2. The highest BCUT2D eigenvalue weighted by Gasteiger charge is 1.95. The molecule has 18 heavy (non-hydrogen) atoms. The van der Waals surface area contributed by atoms with Gasteiger partial charge in [-0.3, -0.25) is 0 Å². The Bertz CT molecular complexity index is 162. The molecule has 0 amide bonds. The molecule has 0 aromatic heterocycles. The first kappa shape index (κ1) is 23.9. The molecular formula is C9H24Cl2N4S3. The largest absolute Gasteiger partial charge is 1.00 e. The first-order chi connectivity index (χ1) is 7.81. The molecule has 0 unspecified atom stereocenters. The van der Waals surface area contributed by atoms with Crippen LogP contribution in [0, 0.1) is 0 Å². The van der Waals surface area contributed by atoms with Gasteiger partial charge in [-0.15, -0.1) is 0 Å². The fraction of sp³-hybridized carbons (Fsp3) is 0.889. The molecule has 0 aliphatic rings. The lowest BCUT2D eigenvalue weighted by Crippen LogP contribution is -3.00. The Kier molecular flexibility index (Phi) is 26.9. The Morgan fingerprint density at radius 1 is 0.833 bits per heavy atom. The molecule has 0 aliphatic heterocycles. The van der Waals surface area contributed by atoms with Gasteiger partial charge in [-0.2, -0.15) is 23.5 Å². The van der Waals surface area contributed by atoms with Crippen LogP contribution < -0.4 is 46.9 Å². The van der Waals surface area contributed by atoms with E-state index in [4.69, 9.17) is 12.2 Å². The van der Waals surface area contributed by atoms with Crippen LogP contribution in [0.15, 0.2) is 0 Å². The summed E-state index contributed by atoms with van der Waals surface area (Å²) in [6, 6.07) is 0. The molecule has 0 atom stereocenters. The van der Waals surface area contributed by atoms with E-state index in [1.165, 1.54) is 0 Å². The van der Waals surface area contributed by atoms with E-state index in [1.54, 1.807) is 0 Å². The Morgan fingerprint density at radius 2 is 1.22 bits per heavy atom. The van der Waals surface area contributed by atoms with E-state index < -0.39 is 0 Å². The van der Waals surface area contributed by atoms with Crippen molar-refractivity contribution in [3.63, 3.8) is 0 Å². The molecule has 0 saturated carbocycles. The molecule has 0 rings (SSSR count). The lowest BCUT2D eigenvalue weighted by atomic mass is 10.7. The zero-order valence-electron chi connectivity index (χ0n) is 10.6. The molecule has 0 aromatic carbocycles. The van der Waals surface area contributed by atoms with E-state index in [0.717, 1.165) is 54.3 Å². The van der Waals surface area contributed by atoms with Crippen LogP contribution in [0.5, 0.6) is 0 Å². The first-order valence-corrected chi connectivity index (χ1v) is 8.28. The summed E-state index contributed by atoms with van der Waals surface area (Å²) in [7, 11) is 0. The van der Waals surface area contributed by atoms with Crippen LogP contribution in [0.2, 0.25) is 0 Å². The van der Waals surface area contributed by atoms with Gasteiger partial charge in [0.2, 0.25) is 0 Å². The number of thioether (sulfide) groups is 2. The van der Waals surface area contributed by atoms with Gasteiger partial charge in [-0.1, -0.05) is 0 Å². The quantitative estimate of drug-likeness (QED) is 0.231. The van der Waals surface area contributed by atoms with E-state index in [9.17, 15) is 0 Å². The van der Waals surface area contributed by atoms with Crippen LogP contribution in [0.3, 0.4) is 0 Å². The van der Waals surface area contributed by atoms with Crippen molar-refractivity contribution in [2.75, 3.05) is 49.2 Å². The number of nitrogens with one attached hydrogen (secondary N) is 2. The average Bonchev–Trinajstić information content (AvgIpc) is 2.28. The number of halogens is 2. The zero-order chi connectivity index (χ0) is 12.1. The van der Waals surface area contributed by atoms with Crippen molar-refractivity contribution >= 4 is 40.9 Å². The highest BCUT2D eigenvalue weighted by atomic mass is 35.5. The maximum absolute atomic E-state index is 5.14. The van der Waals surface area contributed by atoms with Crippen molar-refractivity contribution in [2.24, 2.45) is 0 Å². The lowest BCUT2D eigenvalue weighted by molar-refractivity contribution is -0.360. The van der Waals surface area contributed by atoms with Gasteiger partial charge in [0.1, 0.15) is 0 Å². The van der Waals surface area contributed by atoms with E-state index in [-0.39, 0.29) is 24.8 Å². The molecular weight excluding hydrogens is 331 g/mol. The molecule has 0 saturated heterocycles.